The SMILES string of the molecule is CCCN(CC(=O)N1CCc2sccc2C1COc1ccccc1OC)C(=O)c1ccc(OC)cc1. The number of methoxy groups -OCH3 is 2. The number of amides is 2. The number of fused-ring (bicyclic) bond motifs is 1. The van der Waals surface area contributed by atoms with E-state index >= 15 is 0 Å². The summed E-state index contributed by atoms with van der Waals surface area (Å²) in [6.07, 6.45) is 1.55. The summed E-state index contributed by atoms with van der Waals surface area (Å²) in [7, 11) is 3.20. The molecule has 4 rings (SSSR count). The monoisotopic (exact) mass is 508 g/mol. The number of nitrogens with zero attached hydrogens (tertiary/aromatic N) is 2. The Morgan fingerprint density at radius 2 is 1.78 bits per heavy atom. The number of hydrogen-bond donors (Lipinski definition) is 0. The lowest BCUT2D eigenvalue weighted by atomic mass is 10.0. The molecule has 2 heterocycles. The zero-order valence-corrected chi connectivity index (χ0v) is 21.8. The molecule has 8 heteroatoms. The van der Waals surface area contributed by atoms with Crippen molar-refractivity contribution in [1.29, 1.82) is 0 Å². The van der Waals surface area contributed by atoms with Crippen molar-refractivity contribution in [2.75, 3.05) is 40.5 Å². The van der Waals surface area contributed by atoms with E-state index in [2.05, 4.69) is 11.4 Å². The van der Waals surface area contributed by atoms with Crippen molar-refractivity contribution in [2.24, 2.45) is 0 Å². The van der Waals surface area contributed by atoms with E-state index in [-0.39, 0.29) is 24.4 Å². The molecule has 2 amide bonds. The first-order valence-electron chi connectivity index (χ1n) is 12.1. The molecule has 3 aromatic rings. The summed E-state index contributed by atoms with van der Waals surface area (Å²) in [6.45, 7) is 3.40. The summed E-state index contributed by atoms with van der Waals surface area (Å²) in [4.78, 5) is 31.6. The van der Waals surface area contributed by atoms with Crippen LogP contribution in [-0.4, -0.2) is 62.1 Å². The first kappa shape index (κ1) is 25.6. The Labute approximate surface area is 216 Å². The highest BCUT2D eigenvalue weighted by Gasteiger charge is 2.33. The predicted molar refractivity (Wildman–Crippen MR) is 140 cm³/mol. The lowest BCUT2D eigenvalue weighted by Crippen LogP contribution is -2.48. The van der Waals surface area contributed by atoms with Gasteiger partial charge in [-0.3, -0.25) is 9.59 Å². The van der Waals surface area contributed by atoms with Gasteiger partial charge in [-0.05, 0) is 66.2 Å². The van der Waals surface area contributed by atoms with Crippen LogP contribution >= 0.6 is 11.3 Å². The lowest BCUT2D eigenvalue weighted by molar-refractivity contribution is -0.135. The van der Waals surface area contributed by atoms with E-state index in [1.54, 1.807) is 54.7 Å². The van der Waals surface area contributed by atoms with Gasteiger partial charge < -0.3 is 24.0 Å². The number of ether oxygens (including phenoxy) is 3. The smallest absolute Gasteiger partial charge is 0.254 e. The molecule has 0 saturated carbocycles. The first-order valence-corrected chi connectivity index (χ1v) is 13.0. The molecule has 1 unspecified atom stereocenters. The van der Waals surface area contributed by atoms with Gasteiger partial charge in [0.25, 0.3) is 5.91 Å². The quantitative estimate of drug-likeness (QED) is 0.393. The molecule has 0 aliphatic carbocycles. The average Bonchev–Trinajstić information content (AvgIpc) is 3.40. The van der Waals surface area contributed by atoms with Crippen molar-refractivity contribution in [3.63, 3.8) is 0 Å². The minimum atomic E-state index is -0.239. The highest BCUT2D eigenvalue weighted by molar-refractivity contribution is 7.10. The Morgan fingerprint density at radius 3 is 2.47 bits per heavy atom. The maximum absolute atomic E-state index is 13.6. The van der Waals surface area contributed by atoms with Crippen molar-refractivity contribution in [3.8, 4) is 17.2 Å². The molecule has 0 fully saturated rings. The normalized spacial score (nSPS) is 14.6. The molecule has 2 aromatic carbocycles. The first-order chi connectivity index (χ1) is 17.5. The van der Waals surface area contributed by atoms with E-state index in [1.807, 2.05) is 36.1 Å². The molecular formula is C28H32N2O5S. The number of rotatable bonds is 10. The summed E-state index contributed by atoms with van der Waals surface area (Å²) in [6, 6.07) is 16.3. The van der Waals surface area contributed by atoms with Crippen LogP contribution in [0.15, 0.2) is 60.0 Å². The molecule has 1 atom stereocenters. The number of hydrogen-bond acceptors (Lipinski definition) is 6. The Morgan fingerprint density at radius 1 is 1.03 bits per heavy atom. The van der Waals surface area contributed by atoms with Crippen LogP contribution in [0, 0.1) is 0 Å². The minimum absolute atomic E-state index is 0.0172. The van der Waals surface area contributed by atoms with Crippen LogP contribution in [0.4, 0.5) is 0 Å². The van der Waals surface area contributed by atoms with Crippen molar-refractivity contribution in [2.45, 2.75) is 25.8 Å². The second kappa shape index (κ2) is 11.9. The van der Waals surface area contributed by atoms with Gasteiger partial charge in [-0.1, -0.05) is 19.1 Å². The van der Waals surface area contributed by atoms with Crippen molar-refractivity contribution in [1.82, 2.24) is 9.80 Å². The van der Waals surface area contributed by atoms with E-state index in [9.17, 15) is 9.59 Å². The van der Waals surface area contributed by atoms with Gasteiger partial charge in [-0.15, -0.1) is 11.3 Å². The zero-order chi connectivity index (χ0) is 25.5. The average molecular weight is 509 g/mol. The number of thiophene rings is 1. The largest absolute Gasteiger partial charge is 0.497 e. The minimum Gasteiger partial charge on any atom is -0.497 e. The molecule has 0 bridgehead atoms. The molecule has 7 nitrogen and oxygen atoms in total. The highest BCUT2D eigenvalue weighted by atomic mass is 32.1. The van der Waals surface area contributed by atoms with Gasteiger partial charge in [0.15, 0.2) is 11.5 Å². The van der Waals surface area contributed by atoms with Crippen LogP contribution in [0.3, 0.4) is 0 Å². The van der Waals surface area contributed by atoms with Gasteiger partial charge in [-0.25, -0.2) is 0 Å². The molecule has 0 radical (unpaired) electrons. The van der Waals surface area contributed by atoms with E-state index < -0.39 is 0 Å². The van der Waals surface area contributed by atoms with Crippen LogP contribution in [-0.2, 0) is 11.2 Å². The second-order valence-electron chi connectivity index (χ2n) is 8.57. The van der Waals surface area contributed by atoms with Crippen LogP contribution in [0.25, 0.3) is 0 Å². The molecule has 0 spiro atoms. The summed E-state index contributed by atoms with van der Waals surface area (Å²) in [5.41, 5.74) is 1.64. The molecule has 1 aliphatic rings. The molecule has 36 heavy (non-hydrogen) atoms. The molecule has 0 N–H and O–H groups in total. The van der Waals surface area contributed by atoms with Crippen LogP contribution in [0.1, 0.15) is 40.2 Å². The maximum atomic E-state index is 13.6. The fourth-order valence-electron chi connectivity index (χ4n) is 4.47. The van der Waals surface area contributed by atoms with Crippen molar-refractivity contribution < 1.29 is 23.8 Å². The third-order valence-corrected chi connectivity index (χ3v) is 7.32. The Hall–Kier alpha value is -3.52. The van der Waals surface area contributed by atoms with Crippen molar-refractivity contribution in [3.05, 3.63) is 76.0 Å². The molecule has 190 valence electrons. The van der Waals surface area contributed by atoms with E-state index in [0.29, 0.717) is 42.5 Å². The maximum Gasteiger partial charge on any atom is 0.254 e. The van der Waals surface area contributed by atoms with Crippen LogP contribution < -0.4 is 14.2 Å². The van der Waals surface area contributed by atoms with Gasteiger partial charge >= 0.3 is 0 Å². The van der Waals surface area contributed by atoms with Gasteiger partial charge in [0.1, 0.15) is 18.9 Å². The zero-order valence-electron chi connectivity index (χ0n) is 20.9. The summed E-state index contributed by atoms with van der Waals surface area (Å²) >= 11 is 1.71. The van der Waals surface area contributed by atoms with Crippen molar-refractivity contribution >= 4 is 23.2 Å². The second-order valence-corrected chi connectivity index (χ2v) is 9.57. The van der Waals surface area contributed by atoms with Crippen LogP contribution in [0.2, 0.25) is 0 Å². The van der Waals surface area contributed by atoms with E-state index in [4.69, 9.17) is 14.2 Å². The molecule has 1 aliphatic heterocycles. The Bertz CT molecular complexity index is 1180. The van der Waals surface area contributed by atoms with Gasteiger partial charge in [-0.2, -0.15) is 0 Å². The third kappa shape index (κ3) is 5.65. The fourth-order valence-corrected chi connectivity index (χ4v) is 5.40. The number of carbonyl (C=O) groups is 2. The molecule has 1 aromatic heterocycles. The number of benzene rings is 2. The third-order valence-electron chi connectivity index (χ3n) is 6.32. The molecule has 0 saturated heterocycles. The lowest BCUT2D eigenvalue weighted by Gasteiger charge is -2.37. The fraction of sp³-hybridized carbons (Fsp3) is 0.357. The summed E-state index contributed by atoms with van der Waals surface area (Å²) in [5, 5.41) is 2.06. The topological polar surface area (TPSA) is 68.3 Å². The Balaban J connectivity index is 1.52. The molecular weight excluding hydrogens is 476 g/mol. The number of carbonyl (C=O) groups excluding carboxylic acids is 2. The Kier molecular flexibility index (Phi) is 8.48. The van der Waals surface area contributed by atoms with Crippen LogP contribution in [0.5, 0.6) is 17.2 Å². The van der Waals surface area contributed by atoms with Gasteiger partial charge in [0.2, 0.25) is 5.91 Å². The van der Waals surface area contributed by atoms with Gasteiger partial charge in [0, 0.05) is 23.5 Å². The summed E-state index contributed by atoms with van der Waals surface area (Å²) < 4.78 is 16.8. The van der Waals surface area contributed by atoms with Gasteiger partial charge in [0.05, 0.1) is 20.3 Å². The number of para-hydroxylation sites is 2. The van der Waals surface area contributed by atoms with E-state index in [1.165, 1.54) is 4.88 Å². The summed E-state index contributed by atoms with van der Waals surface area (Å²) in [5.74, 6) is 1.72. The van der Waals surface area contributed by atoms with E-state index in [0.717, 1.165) is 18.4 Å². The highest BCUT2D eigenvalue weighted by Crippen LogP contribution is 2.35. The predicted octanol–water partition coefficient (Wildman–Crippen LogP) is 4.82. The standard InChI is InChI=1S/C28H32N2O5S/c1-4-15-29(28(32)20-9-11-21(33-2)12-10-20)18-27(31)30-16-13-26-22(14-17-36-26)23(30)19-35-25-8-6-5-7-24(25)34-3/h5-12,14,17,23H,4,13,15-16,18-19H2,1-3H3.